The van der Waals surface area contributed by atoms with Gasteiger partial charge < -0.3 is 4.84 Å². The van der Waals surface area contributed by atoms with E-state index >= 15 is 4.39 Å². The van der Waals surface area contributed by atoms with Crippen LogP contribution < -0.4 is 15.9 Å². The predicted molar refractivity (Wildman–Crippen MR) is 147 cm³/mol. The van der Waals surface area contributed by atoms with Crippen molar-refractivity contribution in [3.8, 4) is 22.7 Å². The molecule has 40 heavy (non-hydrogen) atoms. The fraction of sp³-hybridized carbons (Fsp3) is 0.250. The molecule has 0 saturated heterocycles. The topological polar surface area (TPSA) is 99.2 Å². The summed E-state index contributed by atoms with van der Waals surface area (Å²) in [5.41, 5.74) is 7.28. The van der Waals surface area contributed by atoms with Crippen LogP contribution in [0.15, 0.2) is 58.6 Å². The monoisotopic (exact) mass is 575 g/mol. The molecule has 1 aliphatic carbocycles. The van der Waals surface area contributed by atoms with E-state index in [4.69, 9.17) is 33.0 Å². The number of aromatic nitrogens is 5. The molecule has 200 valence electrons. The van der Waals surface area contributed by atoms with Crippen molar-refractivity contribution in [2.45, 2.75) is 37.8 Å². The number of rotatable bonds is 4. The standard InChI is InChI=1S/C28H20Cl2FN7O2/c1-12-15-3-4-16(25(31)27(15)40-35-12)13-6-21(32-10-13)26-17-8-18(17)28-33-20(9-24(39)38(26)28)19-7-14(29)2-5-22(19)37-11-23(30)34-36-37/h2-5,7,9-12,17-18,26,35H,6,8H2,1H3. The molecule has 4 unspecified atom stereocenters. The zero-order valence-corrected chi connectivity index (χ0v) is 22.5. The molecule has 3 aliphatic heterocycles. The number of allylic oxidation sites excluding steroid dienone is 1. The summed E-state index contributed by atoms with van der Waals surface area (Å²) in [5, 5.41) is 8.67. The lowest BCUT2D eigenvalue weighted by Gasteiger charge is -2.19. The Kier molecular flexibility index (Phi) is 5.14. The minimum Gasteiger partial charge on any atom is -0.405 e. The van der Waals surface area contributed by atoms with Crippen LogP contribution in [0.5, 0.6) is 5.75 Å². The van der Waals surface area contributed by atoms with Crippen molar-refractivity contribution in [2.24, 2.45) is 10.9 Å². The van der Waals surface area contributed by atoms with Gasteiger partial charge in [-0.15, -0.1) is 10.6 Å². The average molecular weight is 576 g/mol. The van der Waals surface area contributed by atoms with E-state index < -0.39 is 5.82 Å². The summed E-state index contributed by atoms with van der Waals surface area (Å²) in [6, 6.07) is 10.2. The summed E-state index contributed by atoms with van der Waals surface area (Å²) in [4.78, 5) is 28.6. The molecule has 1 fully saturated rings. The van der Waals surface area contributed by atoms with Crippen LogP contribution in [0, 0.1) is 11.7 Å². The highest BCUT2D eigenvalue weighted by atomic mass is 35.5. The number of hydroxylamine groups is 1. The summed E-state index contributed by atoms with van der Waals surface area (Å²) in [7, 11) is 0. The Hall–Kier alpha value is -3.86. The van der Waals surface area contributed by atoms with E-state index in [1.165, 1.54) is 10.7 Å². The largest absolute Gasteiger partial charge is 0.405 e. The molecular weight excluding hydrogens is 556 g/mol. The Morgan fingerprint density at radius 2 is 2.02 bits per heavy atom. The maximum atomic E-state index is 15.3. The zero-order chi connectivity index (χ0) is 27.3. The number of hydrogen-bond donors (Lipinski definition) is 1. The van der Waals surface area contributed by atoms with Crippen molar-refractivity contribution >= 4 is 34.5 Å². The van der Waals surface area contributed by atoms with E-state index in [0.717, 1.165) is 29.1 Å². The second-order valence-electron chi connectivity index (χ2n) is 10.5. The molecule has 1 saturated carbocycles. The fourth-order valence-corrected chi connectivity index (χ4v) is 6.48. The molecule has 0 amide bonds. The average Bonchev–Trinajstić information content (AvgIpc) is 3.29. The lowest BCUT2D eigenvalue weighted by atomic mass is 9.95. The maximum Gasteiger partial charge on any atom is 0.254 e. The molecule has 8 rings (SSSR count). The van der Waals surface area contributed by atoms with Gasteiger partial charge >= 0.3 is 0 Å². The van der Waals surface area contributed by atoms with Crippen LogP contribution in [0.1, 0.15) is 54.7 Å². The number of hydrogen-bond acceptors (Lipinski definition) is 7. The fourth-order valence-electron chi connectivity index (χ4n) is 6.18. The Bertz CT molecular complexity index is 1880. The second-order valence-corrected chi connectivity index (χ2v) is 11.4. The van der Waals surface area contributed by atoms with Gasteiger partial charge in [-0.25, -0.2) is 14.1 Å². The number of aliphatic imine (C=N–C) groups is 1. The van der Waals surface area contributed by atoms with Crippen LogP contribution in [0.3, 0.4) is 0 Å². The van der Waals surface area contributed by atoms with Crippen LogP contribution in [0.2, 0.25) is 10.2 Å². The molecule has 4 atom stereocenters. The molecule has 1 N–H and O–H groups in total. The van der Waals surface area contributed by atoms with Crippen LogP contribution in [0.4, 0.5) is 4.39 Å². The minimum atomic E-state index is -0.400. The lowest BCUT2D eigenvalue weighted by Crippen LogP contribution is -2.30. The third-order valence-electron chi connectivity index (χ3n) is 8.16. The van der Waals surface area contributed by atoms with Gasteiger partial charge in [-0.05, 0) is 43.0 Å². The molecule has 2 aromatic heterocycles. The first kappa shape index (κ1) is 24.0. The molecule has 4 aromatic rings. The van der Waals surface area contributed by atoms with Gasteiger partial charge in [0, 0.05) is 52.0 Å². The van der Waals surface area contributed by atoms with Gasteiger partial charge in [0.1, 0.15) is 5.82 Å². The molecular formula is C28H20Cl2FN7O2. The van der Waals surface area contributed by atoms with E-state index in [0.29, 0.717) is 34.0 Å². The SMILES string of the molecule is CC1NOc2c1ccc(C1=CN=C(C3C4CC4c4nc(-c5cc(Cl)ccc5-n5cc(Cl)nn5)cc(=O)n43)C1)c2F. The Balaban J connectivity index is 1.13. The van der Waals surface area contributed by atoms with Gasteiger partial charge in [0.15, 0.2) is 16.7 Å². The summed E-state index contributed by atoms with van der Waals surface area (Å²) in [6.45, 7) is 1.92. The third-order valence-corrected chi connectivity index (χ3v) is 8.57. The van der Waals surface area contributed by atoms with Gasteiger partial charge in [-0.3, -0.25) is 14.4 Å². The van der Waals surface area contributed by atoms with Gasteiger partial charge in [0.05, 0.1) is 29.7 Å². The zero-order valence-electron chi connectivity index (χ0n) is 21.0. The van der Waals surface area contributed by atoms with Crippen LogP contribution in [-0.2, 0) is 0 Å². The van der Waals surface area contributed by atoms with Gasteiger partial charge in [0.2, 0.25) is 0 Å². The van der Waals surface area contributed by atoms with Gasteiger partial charge in [0.25, 0.3) is 5.56 Å². The number of fused-ring (bicyclic) bond motifs is 4. The van der Waals surface area contributed by atoms with Gasteiger partial charge in [-0.1, -0.05) is 40.5 Å². The number of nitrogens with one attached hydrogen (secondary N) is 1. The predicted octanol–water partition coefficient (Wildman–Crippen LogP) is 5.44. The van der Waals surface area contributed by atoms with Crippen molar-refractivity contribution in [3.63, 3.8) is 0 Å². The van der Waals surface area contributed by atoms with E-state index in [9.17, 15) is 4.79 Å². The first-order valence-corrected chi connectivity index (χ1v) is 13.7. The van der Waals surface area contributed by atoms with Gasteiger partial charge in [-0.2, -0.15) is 0 Å². The summed E-state index contributed by atoms with van der Waals surface area (Å²) in [6.07, 6.45) is 4.65. The molecule has 0 bridgehead atoms. The first-order valence-electron chi connectivity index (χ1n) is 12.9. The van der Waals surface area contributed by atoms with Crippen LogP contribution >= 0.6 is 23.2 Å². The van der Waals surface area contributed by atoms with Crippen LogP contribution in [-0.4, -0.2) is 30.3 Å². The van der Waals surface area contributed by atoms with Crippen molar-refractivity contribution in [3.05, 3.63) is 92.1 Å². The Labute approximate surface area is 236 Å². The number of benzene rings is 2. The Morgan fingerprint density at radius 1 is 1.15 bits per heavy atom. The van der Waals surface area contributed by atoms with Crippen molar-refractivity contribution in [1.29, 1.82) is 0 Å². The number of halogens is 3. The first-order chi connectivity index (χ1) is 19.4. The smallest absolute Gasteiger partial charge is 0.254 e. The Morgan fingerprint density at radius 3 is 2.85 bits per heavy atom. The molecule has 9 nitrogen and oxygen atoms in total. The van der Waals surface area contributed by atoms with Crippen molar-refractivity contribution < 1.29 is 9.23 Å². The summed E-state index contributed by atoms with van der Waals surface area (Å²) in [5.74, 6) is 0.948. The van der Waals surface area contributed by atoms with Crippen molar-refractivity contribution in [2.75, 3.05) is 0 Å². The van der Waals surface area contributed by atoms with E-state index in [1.54, 1.807) is 41.2 Å². The second kappa shape index (κ2) is 8.57. The minimum absolute atomic E-state index is 0.0778. The number of nitrogens with zero attached hydrogens (tertiary/aromatic N) is 6. The highest BCUT2D eigenvalue weighted by Crippen LogP contribution is 2.59. The maximum absolute atomic E-state index is 15.3. The highest BCUT2D eigenvalue weighted by Gasteiger charge is 2.56. The third kappa shape index (κ3) is 3.52. The van der Waals surface area contributed by atoms with Crippen molar-refractivity contribution in [1.82, 2.24) is 30.0 Å². The quantitative estimate of drug-likeness (QED) is 0.348. The molecule has 5 heterocycles. The lowest BCUT2D eigenvalue weighted by molar-refractivity contribution is 0.193. The molecule has 4 aliphatic rings. The molecule has 0 radical (unpaired) electrons. The summed E-state index contributed by atoms with van der Waals surface area (Å²) < 4.78 is 18.6. The molecule has 12 heteroatoms. The highest BCUT2D eigenvalue weighted by molar-refractivity contribution is 6.31. The molecule has 2 aromatic carbocycles. The normalized spacial score (nSPS) is 23.8. The molecule has 0 spiro atoms. The summed E-state index contributed by atoms with van der Waals surface area (Å²) >= 11 is 12.3. The van der Waals surface area contributed by atoms with Crippen LogP contribution in [0.25, 0.3) is 22.5 Å². The van der Waals surface area contributed by atoms with E-state index in [2.05, 4.69) is 20.8 Å². The van der Waals surface area contributed by atoms with E-state index in [-0.39, 0.29) is 40.4 Å². The van der Waals surface area contributed by atoms with E-state index in [1.807, 2.05) is 13.0 Å².